The van der Waals surface area contributed by atoms with E-state index in [0.717, 1.165) is 50.8 Å². The number of nitrogens with zero attached hydrogens (tertiary/aromatic N) is 5. The van der Waals surface area contributed by atoms with E-state index in [1.807, 2.05) is 0 Å². The second-order valence-corrected chi connectivity index (χ2v) is 9.67. The van der Waals surface area contributed by atoms with Gasteiger partial charge >= 0.3 is 0 Å². The first-order valence-electron chi connectivity index (χ1n) is 10.2. The zero-order chi connectivity index (χ0) is 20.9. The lowest BCUT2D eigenvalue weighted by atomic mass is 9.92. The molecule has 1 aliphatic rings. The summed E-state index contributed by atoms with van der Waals surface area (Å²) in [5.74, 6) is 2.71. The minimum absolute atomic E-state index is 0.147. The molecular formula is C19H29N5O4S. The maximum Gasteiger partial charge on any atom is 0.264 e. The van der Waals surface area contributed by atoms with Crippen LogP contribution in [0, 0.1) is 11.8 Å². The van der Waals surface area contributed by atoms with Gasteiger partial charge in [-0.05, 0) is 31.1 Å². The highest BCUT2D eigenvalue weighted by atomic mass is 32.2. The van der Waals surface area contributed by atoms with E-state index in [-0.39, 0.29) is 5.75 Å². The van der Waals surface area contributed by atoms with Crippen molar-refractivity contribution in [3.05, 3.63) is 18.3 Å². The number of aromatic nitrogens is 4. The third-order valence-corrected chi connectivity index (χ3v) is 5.91. The molecule has 1 saturated heterocycles. The van der Waals surface area contributed by atoms with Crippen LogP contribution < -0.4 is 4.90 Å². The Hall–Kier alpha value is -2.07. The van der Waals surface area contributed by atoms with Gasteiger partial charge in [0.25, 0.3) is 10.1 Å². The zero-order valence-electron chi connectivity index (χ0n) is 17.0. The van der Waals surface area contributed by atoms with E-state index in [0.29, 0.717) is 35.9 Å². The Labute approximate surface area is 171 Å². The lowest BCUT2D eigenvalue weighted by molar-refractivity contribution is 0.363. The molecule has 1 aliphatic heterocycles. The normalized spacial score (nSPS) is 15.9. The summed E-state index contributed by atoms with van der Waals surface area (Å²) < 4.78 is 35.6. The van der Waals surface area contributed by atoms with Gasteiger partial charge in [-0.3, -0.25) is 4.55 Å². The number of hydrogen-bond donors (Lipinski definition) is 1. The van der Waals surface area contributed by atoms with Crippen molar-refractivity contribution in [2.45, 2.75) is 52.4 Å². The smallest absolute Gasteiger partial charge is 0.264 e. The number of rotatable bonds is 9. The Morgan fingerprint density at radius 1 is 1.21 bits per heavy atom. The minimum Gasteiger partial charge on any atom is -0.341 e. The molecule has 10 heteroatoms. The fourth-order valence-corrected chi connectivity index (χ4v) is 4.11. The van der Waals surface area contributed by atoms with Gasteiger partial charge < -0.3 is 9.42 Å². The van der Waals surface area contributed by atoms with E-state index in [2.05, 4.69) is 38.9 Å². The molecule has 160 valence electrons. The standard InChI is InChI=1S/C19H29N5O4S/c1-14(2)11-17-22-18(23-28-17)16-12-20-19(21-13-16)24-8-6-15(7-9-24)5-3-4-10-29(25,26)27/h12-15H,3-11H2,1-2H3,(H,25,26,27). The first-order chi connectivity index (χ1) is 13.8. The molecule has 0 saturated carbocycles. The number of piperidine rings is 1. The van der Waals surface area contributed by atoms with Crippen molar-refractivity contribution in [1.82, 2.24) is 20.1 Å². The highest BCUT2D eigenvalue weighted by molar-refractivity contribution is 7.85. The van der Waals surface area contributed by atoms with Crippen LogP contribution in [0.15, 0.2) is 16.9 Å². The van der Waals surface area contributed by atoms with Crippen molar-refractivity contribution in [2.75, 3.05) is 23.7 Å². The van der Waals surface area contributed by atoms with E-state index in [4.69, 9.17) is 9.08 Å². The minimum atomic E-state index is -3.84. The molecule has 0 amide bonds. The predicted octanol–water partition coefficient (Wildman–Crippen LogP) is 3.00. The molecule has 1 fully saturated rings. The number of unbranched alkanes of at least 4 members (excludes halogenated alkanes) is 1. The van der Waals surface area contributed by atoms with E-state index >= 15 is 0 Å². The van der Waals surface area contributed by atoms with Crippen LogP contribution in [0.1, 0.15) is 51.8 Å². The van der Waals surface area contributed by atoms with E-state index in [9.17, 15) is 8.42 Å². The molecule has 0 spiro atoms. The van der Waals surface area contributed by atoms with Gasteiger partial charge in [0, 0.05) is 31.9 Å². The van der Waals surface area contributed by atoms with Gasteiger partial charge in [0.1, 0.15) is 0 Å². The quantitative estimate of drug-likeness (QED) is 0.479. The summed E-state index contributed by atoms with van der Waals surface area (Å²) in [7, 11) is -3.84. The van der Waals surface area contributed by atoms with Gasteiger partial charge in [0.15, 0.2) is 0 Å². The van der Waals surface area contributed by atoms with Crippen LogP contribution in [0.5, 0.6) is 0 Å². The average Bonchev–Trinajstić information content (AvgIpc) is 3.13. The Balaban J connectivity index is 1.47. The van der Waals surface area contributed by atoms with Crippen LogP contribution in [0.3, 0.4) is 0 Å². The Morgan fingerprint density at radius 3 is 2.52 bits per heavy atom. The van der Waals surface area contributed by atoms with Crippen molar-refractivity contribution >= 4 is 16.1 Å². The molecule has 0 bridgehead atoms. The molecule has 3 heterocycles. The zero-order valence-corrected chi connectivity index (χ0v) is 17.8. The van der Waals surface area contributed by atoms with Crippen molar-refractivity contribution in [1.29, 1.82) is 0 Å². The fourth-order valence-electron chi connectivity index (χ4n) is 3.54. The molecular weight excluding hydrogens is 394 g/mol. The first kappa shape index (κ1) is 21.6. The van der Waals surface area contributed by atoms with E-state index in [1.165, 1.54) is 0 Å². The predicted molar refractivity (Wildman–Crippen MR) is 109 cm³/mol. The summed E-state index contributed by atoms with van der Waals surface area (Å²) in [4.78, 5) is 15.5. The fraction of sp³-hybridized carbons (Fsp3) is 0.684. The molecule has 0 atom stereocenters. The van der Waals surface area contributed by atoms with Gasteiger partial charge in [0.05, 0.1) is 11.3 Å². The largest absolute Gasteiger partial charge is 0.341 e. The molecule has 2 aromatic rings. The summed E-state index contributed by atoms with van der Waals surface area (Å²) in [6.07, 6.45) is 8.58. The lowest BCUT2D eigenvalue weighted by Crippen LogP contribution is -2.34. The summed E-state index contributed by atoms with van der Waals surface area (Å²) >= 11 is 0. The molecule has 0 aromatic carbocycles. The summed E-state index contributed by atoms with van der Waals surface area (Å²) in [6, 6.07) is 0. The number of anilines is 1. The highest BCUT2D eigenvalue weighted by Crippen LogP contribution is 2.25. The van der Waals surface area contributed by atoms with Gasteiger partial charge in [-0.25, -0.2) is 9.97 Å². The molecule has 0 radical (unpaired) electrons. The molecule has 29 heavy (non-hydrogen) atoms. The topological polar surface area (TPSA) is 122 Å². The Bertz CT molecular complexity index is 874. The second kappa shape index (κ2) is 9.62. The molecule has 1 N–H and O–H groups in total. The van der Waals surface area contributed by atoms with Crippen molar-refractivity contribution < 1.29 is 17.5 Å². The summed E-state index contributed by atoms with van der Waals surface area (Å²) in [6.45, 7) is 5.96. The molecule has 0 aliphatic carbocycles. The SMILES string of the molecule is CC(C)Cc1nc(-c2cnc(N3CCC(CCCCS(=O)(=O)O)CC3)nc2)no1. The van der Waals surface area contributed by atoms with Crippen molar-refractivity contribution in [3.63, 3.8) is 0 Å². The van der Waals surface area contributed by atoms with Crippen LogP contribution in [0.25, 0.3) is 11.4 Å². The third-order valence-electron chi connectivity index (χ3n) is 5.11. The van der Waals surface area contributed by atoms with Crippen molar-refractivity contribution in [3.8, 4) is 11.4 Å². The van der Waals surface area contributed by atoms with Gasteiger partial charge in [-0.2, -0.15) is 13.4 Å². The van der Waals surface area contributed by atoms with Crippen LogP contribution in [-0.4, -0.2) is 51.9 Å². The van der Waals surface area contributed by atoms with Crippen LogP contribution in [0.4, 0.5) is 5.95 Å². The van der Waals surface area contributed by atoms with Crippen LogP contribution >= 0.6 is 0 Å². The maximum absolute atomic E-state index is 10.8. The maximum atomic E-state index is 10.8. The molecule has 0 unspecified atom stereocenters. The number of hydrogen-bond acceptors (Lipinski definition) is 8. The molecule has 3 rings (SSSR count). The van der Waals surface area contributed by atoms with Gasteiger partial charge in [-0.1, -0.05) is 31.8 Å². The Morgan fingerprint density at radius 2 is 1.90 bits per heavy atom. The third kappa shape index (κ3) is 6.74. The summed E-state index contributed by atoms with van der Waals surface area (Å²) in [5, 5.41) is 4.01. The summed E-state index contributed by atoms with van der Waals surface area (Å²) in [5.41, 5.74) is 0.737. The Kier molecular flexibility index (Phi) is 7.18. The van der Waals surface area contributed by atoms with Gasteiger partial charge in [0.2, 0.25) is 17.7 Å². The first-order valence-corrected chi connectivity index (χ1v) is 11.8. The van der Waals surface area contributed by atoms with Crippen LogP contribution in [0.2, 0.25) is 0 Å². The van der Waals surface area contributed by atoms with E-state index in [1.54, 1.807) is 12.4 Å². The van der Waals surface area contributed by atoms with E-state index < -0.39 is 10.1 Å². The lowest BCUT2D eigenvalue weighted by Gasteiger charge is -2.32. The average molecular weight is 424 g/mol. The molecule has 2 aromatic heterocycles. The highest BCUT2D eigenvalue weighted by Gasteiger charge is 2.21. The molecule has 9 nitrogen and oxygen atoms in total. The monoisotopic (exact) mass is 423 g/mol. The second-order valence-electron chi connectivity index (χ2n) is 8.09. The van der Waals surface area contributed by atoms with Crippen molar-refractivity contribution in [2.24, 2.45) is 11.8 Å². The van der Waals surface area contributed by atoms with Gasteiger partial charge in [-0.15, -0.1) is 0 Å². The van der Waals surface area contributed by atoms with Crippen LogP contribution in [-0.2, 0) is 16.5 Å².